The first-order chi connectivity index (χ1) is 14.9. The van der Waals surface area contributed by atoms with Gasteiger partial charge in [-0.25, -0.2) is 13.4 Å². The quantitative estimate of drug-likeness (QED) is 0.544. The van der Waals surface area contributed by atoms with Crippen LogP contribution in [0.5, 0.6) is 0 Å². The molecular formula is C22H22ClN3O3S2. The Balaban J connectivity index is 1.44. The van der Waals surface area contributed by atoms with Crippen molar-refractivity contribution in [2.75, 3.05) is 18.4 Å². The fourth-order valence-corrected chi connectivity index (χ4v) is 5.82. The molecule has 4 rings (SSSR count). The molecule has 3 aromatic rings. The van der Waals surface area contributed by atoms with Gasteiger partial charge in [-0.1, -0.05) is 36.6 Å². The van der Waals surface area contributed by atoms with Crippen LogP contribution in [0.4, 0.5) is 5.13 Å². The molecule has 1 aromatic heterocycles. The summed E-state index contributed by atoms with van der Waals surface area (Å²) in [6.07, 6.45) is 3.88. The minimum Gasteiger partial charge on any atom is -0.298 e. The van der Waals surface area contributed by atoms with E-state index in [1.54, 1.807) is 16.4 Å². The Morgan fingerprint density at radius 2 is 1.61 bits per heavy atom. The minimum atomic E-state index is -3.54. The summed E-state index contributed by atoms with van der Waals surface area (Å²) in [4.78, 5) is 17.2. The van der Waals surface area contributed by atoms with Gasteiger partial charge >= 0.3 is 0 Å². The van der Waals surface area contributed by atoms with Crippen molar-refractivity contribution in [2.24, 2.45) is 0 Å². The van der Waals surface area contributed by atoms with Crippen molar-refractivity contribution >= 4 is 44.0 Å². The summed E-state index contributed by atoms with van der Waals surface area (Å²) in [5.41, 5.74) is 2.03. The second kappa shape index (κ2) is 9.48. The summed E-state index contributed by atoms with van der Waals surface area (Å²) < 4.78 is 27.3. The van der Waals surface area contributed by atoms with Crippen molar-refractivity contribution in [2.45, 2.75) is 30.6 Å². The second-order valence-electron chi connectivity index (χ2n) is 7.34. The number of sulfonamides is 1. The van der Waals surface area contributed by atoms with Crippen molar-refractivity contribution in [3.63, 3.8) is 0 Å². The number of halogens is 1. The molecule has 6 nitrogen and oxygen atoms in total. The molecule has 1 N–H and O–H groups in total. The van der Waals surface area contributed by atoms with Gasteiger partial charge < -0.3 is 0 Å². The maximum atomic E-state index is 12.9. The van der Waals surface area contributed by atoms with E-state index < -0.39 is 10.0 Å². The average molecular weight is 476 g/mol. The topological polar surface area (TPSA) is 79.4 Å². The van der Waals surface area contributed by atoms with E-state index >= 15 is 0 Å². The fourth-order valence-electron chi connectivity index (χ4n) is 3.46. The molecule has 0 aliphatic carbocycles. The third-order valence-corrected chi connectivity index (χ3v) is 8.11. The zero-order chi connectivity index (χ0) is 21.8. The number of aromatic nitrogens is 1. The summed E-state index contributed by atoms with van der Waals surface area (Å²) in [6, 6.07) is 13.4. The van der Waals surface area contributed by atoms with E-state index in [4.69, 9.17) is 11.6 Å². The van der Waals surface area contributed by atoms with E-state index in [0.29, 0.717) is 28.8 Å². The van der Waals surface area contributed by atoms with Crippen molar-refractivity contribution in [1.82, 2.24) is 9.29 Å². The van der Waals surface area contributed by atoms with Gasteiger partial charge in [0, 0.05) is 34.6 Å². The Bertz CT molecular complexity index is 1150. The number of nitrogens with one attached hydrogen (secondary N) is 1. The number of carbonyl (C=O) groups is 1. The van der Waals surface area contributed by atoms with Crippen LogP contribution < -0.4 is 5.32 Å². The Morgan fingerprint density at radius 1 is 0.968 bits per heavy atom. The molecule has 1 amide bonds. The van der Waals surface area contributed by atoms with Crippen molar-refractivity contribution in [3.8, 4) is 11.3 Å². The lowest BCUT2D eigenvalue weighted by Gasteiger charge is -2.20. The molecule has 1 fully saturated rings. The normalized spacial score (nSPS) is 15.4. The molecule has 31 heavy (non-hydrogen) atoms. The number of benzene rings is 2. The van der Waals surface area contributed by atoms with Gasteiger partial charge in [0.05, 0.1) is 10.6 Å². The highest BCUT2D eigenvalue weighted by molar-refractivity contribution is 7.89. The Morgan fingerprint density at radius 3 is 2.26 bits per heavy atom. The average Bonchev–Trinajstić information content (AvgIpc) is 3.05. The fraction of sp³-hybridized carbons (Fsp3) is 0.273. The molecule has 162 valence electrons. The molecule has 1 aliphatic rings. The molecule has 9 heteroatoms. The summed E-state index contributed by atoms with van der Waals surface area (Å²) in [5, 5.41) is 5.74. The number of carbonyl (C=O) groups excluding carboxylic acids is 1. The number of hydrogen-bond acceptors (Lipinski definition) is 5. The zero-order valence-electron chi connectivity index (χ0n) is 16.8. The van der Waals surface area contributed by atoms with Crippen LogP contribution >= 0.6 is 22.9 Å². The first kappa shape index (κ1) is 22.0. The maximum absolute atomic E-state index is 12.9. The molecule has 0 bridgehead atoms. The molecule has 0 radical (unpaired) electrons. The smallest absolute Gasteiger partial charge is 0.257 e. The maximum Gasteiger partial charge on any atom is 0.257 e. The predicted molar refractivity (Wildman–Crippen MR) is 124 cm³/mol. The lowest BCUT2D eigenvalue weighted by Crippen LogP contribution is -2.31. The van der Waals surface area contributed by atoms with Gasteiger partial charge in [-0.15, -0.1) is 11.3 Å². The van der Waals surface area contributed by atoms with Gasteiger partial charge in [-0.2, -0.15) is 4.31 Å². The van der Waals surface area contributed by atoms with Crippen LogP contribution in [-0.2, 0) is 10.0 Å². The summed E-state index contributed by atoms with van der Waals surface area (Å²) in [5.74, 6) is -0.337. The molecule has 1 aliphatic heterocycles. The van der Waals surface area contributed by atoms with Gasteiger partial charge in [-0.05, 0) is 49.2 Å². The second-order valence-corrected chi connectivity index (χ2v) is 10.6. The van der Waals surface area contributed by atoms with Crippen LogP contribution in [-0.4, -0.2) is 36.7 Å². The van der Waals surface area contributed by atoms with Gasteiger partial charge in [-0.3, -0.25) is 10.1 Å². The number of nitrogens with zero attached hydrogens (tertiary/aromatic N) is 2. The summed E-state index contributed by atoms with van der Waals surface area (Å²) in [7, 11) is -3.54. The predicted octanol–water partition coefficient (Wildman–Crippen LogP) is 5.28. The standard InChI is InChI=1S/C22H22ClN3O3S2/c23-18-9-5-16(6-10-18)20-15-30-22(24-20)25-21(27)17-7-11-19(12-8-17)31(28,29)26-13-3-1-2-4-14-26/h5-12,15H,1-4,13-14H2,(H,24,25,27). The highest BCUT2D eigenvalue weighted by atomic mass is 35.5. The highest BCUT2D eigenvalue weighted by Crippen LogP contribution is 2.26. The number of rotatable bonds is 5. The first-order valence-electron chi connectivity index (χ1n) is 10.1. The first-order valence-corrected chi connectivity index (χ1v) is 12.8. The minimum absolute atomic E-state index is 0.213. The van der Waals surface area contributed by atoms with Gasteiger partial charge in [0.15, 0.2) is 5.13 Å². The number of hydrogen-bond donors (Lipinski definition) is 1. The Kier molecular flexibility index (Phi) is 6.71. The van der Waals surface area contributed by atoms with Crippen LogP contribution in [0.25, 0.3) is 11.3 Å². The summed E-state index contributed by atoms with van der Waals surface area (Å²) >= 11 is 7.24. The van der Waals surface area contributed by atoms with E-state index in [0.717, 1.165) is 36.9 Å². The zero-order valence-corrected chi connectivity index (χ0v) is 19.1. The largest absolute Gasteiger partial charge is 0.298 e. The lowest BCUT2D eigenvalue weighted by atomic mass is 10.2. The number of anilines is 1. The Labute approximate surface area is 190 Å². The van der Waals surface area contributed by atoms with Gasteiger partial charge in [0.25, 0.3) is 5.91 Å². The van der Waals surface area contributed by atoms with E-state index in [1.165, 1.54) is 35.6 Å². The Hall–Kier alpha value is -2.26. The molecule has 1 saturated heterocycles. The van der Waals surface area contributed by atoms with Gasteiger partial charge in [0.1, 0.15) is 0 Å². The molecule has 2 aromatic carbocycles. The molecule has 0 saturated carbocycles. The lowest BCUT2D eigenvalue weighted by molar-refractivity contribution is 0.102. The van der Waals surface area contributed by atoms with E-state index in [-0.39, 0.29) is 10.8 Å². The molecular weight excluding hydrogens is 454 g/mol. The summed E-state index contributed by atoms with van der Waals surface area (Å²) in [6.45, 7) is 1.09. The van der Waals surface area contributed by atoms with Crippen LogP contribution in [0.1, 0.15) is 36.0 Å². The van der Waals surface area contributed by atoms with E-state index in [1.807, 2.05) is 17.5 Å². The molecule has 2 heterocycles. The van der Waals surface area contributed by atoms with E-state index in [2.05, 4.69) is 10.3 Å². The molecule has 0 atom stereocenters. The monoisotopic (exact) mass is 475 g/mol. The third-order valence-electron chi connectivity index (χ3n) is 5.18. The SMILES string of the molecule is O=C(Nc1nc(-c2ccc(Cl)cc2)cs1)c1ccc(S(=O)(=O)N2CCCCCC2)cc1. The number of thiazole rings is 1. The molecule has 0 unspecified atom stereocenters. The highest BCUT2D eigenvalue weighted by Gasteiger charge is 2.25. The van der Waals surface area contributed by atoms with Crippen LogP contribution in [0.15, 0.2) is 58.8 Å². The van der Waals surface area contributed by atoms with Crippen molar-refractivity contribution in [3.05, 3.63) is 64.5 Å². The van der Waals surface area contributed by atoms with Gasteiger partial charge in [0.2, 0.25) is 10.0 Å². The third kappa shape index (κ3) is 5.15. The van der Waals surface area contributed by atoms with Crippen LogP contribution in [0, 0.1) is 0 Å². The molecule has 0 spiro atoms. The number of amides is 1. The van der Waals surface area contributed by atoms with E-state index in [9.17, 15) is 13.2 Å². The van der Waals surface area contributed by atoms with Crippen LogP contribution in [0.3, 0.4) is 0 Å². The van der Waals surface area contributed by atoms with Crippen LogP contribution in [0.2, 0.25) is 5.02 Å². The van der Waals surface area contributed by atoms with Crippen molar-refractivity contribution in [1.29, 1.82) is 0 Å². The van der Waals surface area contributed by atoms with Crippen molar-refractivity contribution < 1.29 is 13.2 Å².